The molecule has 0 bridgehead atoms. The summed E-state index contributed by atoms with van der Waals surface area (Å²) in [4.78, 5) is 56.2. The summed E-state index contributed by atoms with van der Waals surface area (Å²) in [6.07, 6.45) is 6.25. The van der Waals surface area contributed by atoms with E-state index in [4.69, 9.17) is 9.84 Å². The molecule has 15 heteroatoms. The van der Waals surface area contributed by atoms with Gasteiger partial charge in [-0.3, -0.25) is 34.1 Å². The number of amides is 4. The van der Waals surface area contributed by atoms with Gasteiger partial charge in [-0.1, -0.05) is 30.3 Å². The van der Waals surface area contributed by atoms with E-state index in [1.54, 1.807) is 12.1 Å². The predicted octanol–water partition coefficient (Wildman–Crippen LogP) is 5.84. The molecule has 61 heavy (non-hydrogen) atoms. The van der Waals surface area contributed by atoms with Gasteiger partial charge in [0.1, 0.15) is 18.4 Å². The van der Waals surface area contributed by atoms with Crippen molar-refractivity contribution in [3.8, 4) is 11.5 Å². The number of phenolic OH excluding ortho intramolecular Hbond substituents is 1. The Hall–Kier alpha value is -6.35. The van der Waals surface area contributed by atoms with Gasteiger partial charge in [0.25, 0.3) is 11.8 Å². The predicted molar refractivity (Wildman–Crippen MR) is 222 cm³/mol. The molecule has 4 heterocycles. The van der Waals surface area contributed by atoms with Crippen molar-refractivity contribution < 1.29 is 37.8 Å². The Labute approximate surface area is 351 Å². The maximum absolute atomic E-state index is 13.7. The largest absolute Gasteiger partial charge is 0.503 e. The van der Waals surface area contributed by atoms with E-state index < -0.39 is 35.2 Å². The van der Waals surface area contributed by atoms with Crippen molar-refractivity contribution in [2.75, 3.05) is 37.6 Å². The molecule has 1 aliphatic carbocycles. The van der Waals surface area contributed by atoms with Crippen LogP contribution in [0.2, 0.25) is 0 Å². The highest BCUT2D eigenvalue weighted by Crippen LogP contribution is 2.35. The molecule has 0 radical (unpaired) electrons. The first kappa shape index (κ1) is 40.1. The van der Waals surface area contributed by atoms with E-state index in [0.29, 0.717) is 30.9 Å². The summed E-state index contributed by atoms with van der Waals surface area (Å²) in [5, 5.41) is 20.5. The summed E-state index contributed by atoms with van der Waals surface area (Å²) in [5.41, 5.74) is 5.48. The molecule has 1 unspecified atom stereocenters. The van der Waals surface area contributed by atoms with Gasteiger partial charge in [0.15, 0.2) is 17.4 Å². The monoisotopic (exact) mass is 831 g/mol. The fraction of sp³-hybridized carbons (Fsp3) is 0.370. The number of piperidine rings is 1. The number of anilines is 1. The lowest BCUT2D eigenvalue weighted by Crippen LogP contribution is -2.52. The van der Waals surface area contributed by atoms with Gasteiger partial charge >= 0.3 is 0 Å². The van der Waals surface area contributed by atoms with Crippen LogP contribution in [-0.2, 0) is 29.3 Å². The first-order valence-corrected chi connectivity index (χ1v) is 21.0. The van der Waals surface area contributed by atoms with E-state index in [-0.39, 0.29) is 42.3 Å². The van der Waals surface area contributed by atoms with E-state index in [1.165, 1.54) is 10.5 Å². The van der Waals surface area contributed by atoms with Crippen LogP contribution in [0.4, 0.5) is 14.5 Å². The molecule has 1 saturated carbocycles. The minimum absolute atomic E-state index is 0.157. The molecule has 4 aromatic carbocycles. The lowest BCUT2D eigenvalue weighted by atomic mass is 9.86. The molecule has 5 aromatic rings. The SMILES string of the molecule is O=C1CCC(N2Cc3c(OCc4ccc(CN5CCN(c6ccc7cn([C@H]8CC[C@H](CNC(=O)c9cc(F)c(O)c(F)c9)CC8)nc7c6)CC5)cc4)cccc3C2=O)C(=O)N1. The van der Waals surface area contributed by atoms with Crippen molar-refractivity contribution in [2.45, 2.75) is 70.3 Å². The number of piperazine rings is 1. The third kappa shape index (κ3) is 8.51. The first-order valence-electron chi connectivity index (χ1n) is 21.0. The van der Waals surface area contributed by atoms with Crippen LogP contribution in [0.1, 0.15) is 82.0 Å². The molecule has 9 rings (SSSR count). The lowest BCUT2D eigenvalue weighted by Gasteiger charge is -2.36. The fourth-order valence-electron chi connectivity index (χ4n) is 9.07. The summed E-state index contributed by atoms with van der Waals surface area (Å²) in [6, 6.07) is 21.6. The number of carbonyl (C=O) groups is 4. The quantitative estimate of drug-likeness (QED) is 0.140. The van der Waals surface area contributed by atoms with Crippen LogP contribution >= 0.6 is 0 Å². The van der Waals surface area contributed by atoms with Gasteiger partial charge in [-0.15, -0.1) is 0 Å². The molecule has 3 fully saturated rings. The Kier molecular flexibility index (Phi) is 11.1. The number of fused-ring (bicyclic) bond motifs is 2. The van der Waals surface area contributed by atoms with Gasteiger partial charge in [0.05, 0.1) is 18.1 Å². The summed E-state index contributed by atoms with van der Waals surface area (Å²) in [6.45, 7) is 5.52. The van der Waals surface area contributed by atoms with Gasteiger partial charge in [0, 0.05) is 79.7 Å². The van der Waals surface area contributed by atoms with Gasteiger partial charge in [-0.05, 0) is 91.6 Å². The van der Waals surface area contributed by atoms with E-state index in [2.05, 4.69) is 73.8 Å². The zero-order valence-electron chi connectivity index (χ0n) is 33.6. The topological polar surface area (TPSA) is 149 Å². The maximum Gasteiger partial charge on any atom is 0.255 e. The number of halogens is 2. The van der Waals surface area contributed by atoms with Crippen LogP contribution in [0.3, 0.4) is 0 Å². The molecule has 13 nitrogen and oxygen atoms in total. The Bertz CT molecular complexity index is 2470. The van der Waals surface area contributed by atoms with Crippen LogP contribution in [0.15, 0.2) is 79.0 Å². The average Bonchev–Trinajstić information content (AvgIpc) is 3.85. The third-order valence-electron chi connectivity index (χ3n) is 12.6. The van der Waals surface area contributed by atoms with Crippen LogP contribution in [0.5, 0.6) is 11.5 Å². The Morgan fingerprint density at radius 3 is 2.36 bits per heavy atom. The fourth-order valence-corrected chi connectivity index (χ4v) is 9.07. The van der Waals surface area contributed by atoms with Gasteiger partial charge in [-0.25, -0.2) is 8.78 Å². The molecule has 1 atom stereocenters. The standard InChI is InChI=1S/C46H47F2N7O6/c47-37-20-32(21-38(48)43(37)57)44(58)49-23-28-8-11-33(12-9-28)55-25-31-10-13-34(22-39(31)51-55)53-18-16-52(17-19-53)24-29-4-6-30(7-5-29)27-61-41-3-1-2-35-36(41)26-54(46(35)60)40-14-15-42(56)50-45(40)59/h1-7,10,13,20-22,25,28,33,40,57H,8-9,11-12,14-19,23-24,26-27H2,(H,49,58)(H,50,56,59)/t28-,33-,40?. The van der Waals surface area contributed by atoms with E-state index in [9.17, 15) is 33.1 Å². The number of rotatable bonds is 11. The van der Waals surface area contributed by atoms with Crippen LogP contribution in [0, 0.1) is 17.6 Å². The summed E-state index contributed by atoms with van der Waals surface area (Å²) < 4.78 is 35.7. The Morgan fingerprint density at radius 1 is 0.885 bits per heavy atom. The molecule has 316 valence electrons. The zero-order chi connectivity index (χ0) is 42.2. The molecule has 4 amide bonds. The average molecular weight is 832 g/mol. The van der Waals surface area contributed by atoms with Crippen molar-refractivity contribution in [1.82, 2.24) is 30.2 Å². The minimum Gasteiger partial charge on any atom is -0.503 e. The maximum atomic E-state index is 13.7. The Balaban J connectivity index is 0.725. The number of phenols is 1. The molecule has 2 saturated heterocycles. The number of nitrogens with zero attached hydrogens (tertiary/aromatic N) is 5. The summed E-state index contributed by atoms with van der Waals surface area (Å²) in [5.74, 6) is -4.07. The number of hydrogen-bond donors (Lipinski definition) is 3. The number of carbonyl (C=O) groups excluding carboxylic acids is 4. The van der Waals surface area contributed by atoms with Crippen molar-refractivity contribution >= 4 is 40.2 Å². The smallest absolute Gasteiger partial charge is 0.255 e. The molecule has 1 aromatic heterocycles. The number of nitrogens with one attached hydrogen (secondary N) is 2. The second-order valence-corrected chi connectivity index (χ2v) is 16.6. The molecular formula is C46H47F2N7O6. The number of aromatic nitrogens is 2. The lowest BCUT2D eigenvalue weighted by molar-refractivity contribution is -0.136. The highest BCUT2D eigenvalue weighted by Gasteiger charge is 2.40. The van der Waals surface area contributed by atoms with Gasteiger partial charge in [-0.2, -0.15) is 5.10 Å². The minimum atomic E-state index is -1.16. The highest BCUT2D eigenvalue weighted by molar-refractivity contribution is 6.05. The number of hydrogen-bond acceptors (Lipinski definition) is 9. The molecule has 3 aliphatic heterocycles. The van der Waals surface area contributed by atoms with E-state index >= 15 is 0 Å². The van der Waals surface area contributed by atoms with Crippen LogP contribution in [-0.4, -0.2) is 87.1 Å². The molecule has 4 aliphatic rings. The second-order valence-electron chi connectivity index (χ2n) is 16.6. The van der Waals surface area contributed by atoms with Crippen molar-refractivity contribution in [3.05, 3.63) is 118 Å². The van der Waals surface area contributed by atoms with Gasteiger partial charge < -0.3 is 25.0 Å². The van der Waals surface area contributed by atoms with Crippen LogP contribution < -0.4 is 20.3 Å². The number of aromatic hydroxyl groups is 1. The van der Waals surface area contributed by atoms with Gasteiger partial charge in [0.2, 0.25) is 11.8 Å². The number of ether oxygens (including phenoxy) is 1. The molecule has 3 N–H and O–H groups in total. The van der Waals surface area contributed by atoms with Crippen LogP contribution in [0.25, 0.3) is 10.9 Å². The van der Waals surface area contributed by atoms with Crippen molar-refractivity contribution in [1.29, 1.82) is 0 Å². The highest BCUT2D eigenvalue weighted by atomic mass is 19.1. The first-order chi connectivity index (χ1) is 29.6. The normalized spacial score (nSPS) is 20.8. The Morgan fingerprint density at radius 2 is 1.62 bits per heavy atom. The number of imide groups is 1. The molecule has 0 spiro atoms. The van der Waals surface area contributed by atoms with Crippen molar-refractivity contribution in [3.63, 3.8) is 0 Å². The van der Waals surface area contributed by atoms with Crippen molar-refractivity contribution in [2.24, 2.45) is 5.92 Å². The third-order valence-corrected chi connectivity index (χ3v) is 12.6. The summed E-state index contributed by atoms with van der Waals surface area (Å²) in [7, 11) is 0. The summed E-state index contributed by atoms with van der Waals surface area (Å²) >= 11 is 0. The second kappa shape index (κ2) is 17.0. The van der Waals surface area contributed by atoms with E-state index in [1.807, 2.05) is 6.07 Å². The molecular weight excluding hydrogens is 785 g/mol. The van der Waals surface area contributed by atoms with E-state index in [0.717, 1.165) is 98.3 Å². The number of benzene rings is 4. The zero-order valence-corrected chi connectivity index (χ0v) is 33.6.